The monoisotopic (exact) mass is 810 g/mol. The zero-order valence-corrected chi connectivity index (χ0v) is 24.1. The van der Waals surface area contributed by atoms with Crippen LogP contribution < -0.4 is 11.1 Å². The Hall–Kier alpha value is -1.25. The number of benzene rings is 1. The first kappa shape index (κ1) is 27.3. The minimum Gasteiger partial charge on any atom is -0.378 e. The molecular weight excluding hydrogens is 791 g/mol. The Morgan fingerprint density at radius 1 is 1.26 bits per heavy atom. The Labute approximate surface area is 234 Å². The average molecular weight is 810 g/mol. The number of ether oxygens (including phenoxy) is 1. The van der Waals surface area contributed by atoms with Crippen molar-refractivity contribution in [2.75, 3.05) is 19.0 Å². The molecule has 9 nitrogen and oxygen atoms in total. The minimum atomic E-state index is -2.00. The largest absolute Gasteiger partial charge is 0.378 e. The molecule has 0 saturated carbocycles. The van der Waals surface area contributed by atoms with Crippen LogP contribution in [-0.2, 0) is 22.7 Å². The Bertz CT molecular complexity index is 1190. The molecule has 2 heterocycles. The second-order valence-electron chi connectivity index (χ2n) is 7.17. The summed E-state index contributed by atoms with van der Waals surface area (Å²) in [7, 11) is 1.52. The molecule has 0 saturated heterocycles. The molecule has 0 fully saturated rings. The number of nitrogens with zero attached hydrogens (tertiary/aromatic N) is 4. The van der Waals surface area contributed by atoms with Crippen molar-refractivity contribution in [1.29, 1.82) is 0 Å². The second kappa shape index (κ2) is 11.2. The van der Waals surface area contributed by atoms with Crippen molar-refractivity contribution >= 4 is 79.5 Å². The summed E-state index contributed by atoms with van der Waals surface area (Å²) in [6, 6.07) is 7.99. The molecule has 4 N–H and O–H groups in total. The molecule has 0 radical (unpaired) electrons. The van der Waals surface area contributed by atoms with E-state index in [0.717, 1.165) is 6.20 Å². The van der Waals surface area contributed by atoms with Crippen molar-refractivity contribution in [3.8, 4) is 11.5 Å². The first-order valence-corrected chi connectivity index (χ1v) is 12.8. The normalized spacial score (nSPS) is 13.5. The molecule has 0 aliphatic heterocycles. The molecule has 14 heteroatoms. The molecule has 34 heavy (non-hydrogen) atoms. The van der Waals surface area contributed by atoms with Crippen LogP contribution in [0.15, 0.2) is 36.5 Å². The first-order chi connectivity index (χ1) is 16.0. The summed E-state index contributed by atoms with van der Waals surface area (Å²) in [4.78, 5) is 20.0. The van der Waals surface area contributed by atoms with Gasteiger partial charge in [0.2, 0.25) is 0 Å². The van der Waals surface area contributed by atoms with Gasteiger partial charge in [0, 0.05) is 12.7 Å². The van der Waals surface area contributed by atoms with Crippen LogP contribution in [0.1, 0.15) is 11.3 Å². The van der Waals surface area contributed by atoms with Crippen molar-refractivity contribution in [3.63, 3.8) is 0 Å². The molecule has 0 aliphatic rings. The van der Waals surface area contributed by atoms with Gasteiger partial charge in [-0.05, 0) is 12.1 Å². The van der Waals surface area contributed by atoms with E-state index in [4.69, 9.17) is 10.5 Å². The maximum absolute atomic E-state index is 14.4. The number of hydrogen-bond acceptors (Lipinski definition) is 7. The average Bonchev–Trinajstić information content (AvgIpc) is 3.16. The van der Waals surface area contributed by atoms with Gasteiger partial charge >= 0.3 is 0 Å². The van der Waals surface area contributed by atoms with Gasteiger partial charge in [-0.25, -0.2) is 18.7 Å². The van der Waals surface area contributed by atoms with Gasteiger partial charge in [0.05, 0.1) is 31.6 Å². The third kappa shape index (κ3) is 6.11. The van der Waals surface area contributed by atoms with Gasteiger partial charge in [-0.15, -0.1) is 0 Å². The van der Waals surface area contributed by atoms with E-state index in [0.29, 0.717) is 17.0 Å². The fraction of sp³-hybridized carbons (Fsp3) is 0.300. The summed E-state index contributed by atoms with van der Waals surface area (Å²) < 4.78 is 34.3. The number of carbonyl (C=O) groups excluding carboxylic acids is 1. The lowest BCUT2D eigenvalue weighted by atomic mass is 10.1. The number of methoxy groups -OCH3 is 1. The molecule has 3 rings (SSSR count). The van der Waals surface area contributed by atoms with Crippen LogP contribution in [0, 0.1) is 11.6 Å². The summed E-state index contributed by atoms with van der Waals surface area (Å²) in [5.74, 6) is -2.29. The van der Waals surface area contributed by atoms with Crippen molar-refractivity contribution < 1.29 is 23.4 Å². The van der Waals surface area contributed by atoms with Crippen LogP contribution in [0.2, 0.25) is 0 Å². The Morgan fingerprint density at radius 2 is 1.97 bits per heavy atom. The van der Waals surface area contributed by atoms with E-state index in [1.54, 1.807) is 28.9 Å². The third-order valence-corrected chi connectivity index (χ3v) is 7.47. The van der Waals surface area contributed by atoms with Crippen LogP contribution in [0.5, 0.6) is 0 Å². The van der Waals surface area contributed by atoms with E-state index >= 15 is 0 Å². The van der Waals surface area contributed by atoms with Gasteiger partial charge in [0.15, 0.2) is 22.5 Å². The Morgan fingerprint density at radius 3 is 2.59 bits per heavy atom. The van der Waals surface area contributed by atoms with Gasteiger partial charge in [0.1, 0.15) is 11.5 Å². The predicted molar refractivity (Wildman–Crippen MR) is 147 cm³/mol. The lowest BCUT2D eigenvalue weighted by Crippen LogP contribution is -2.57. The molecule has 0 spiro atoms. The van der Waals surface area contributed by atoms with E-state index in [1.165, 1.54) is 13.2 Å². The van der Waals surface area contributed by atoms with Gasteiger partial charge in [0.25, 0.3) is 5.91 Å². The number of amides is 1. The smallest absolute Gasteiger partial charge is 0.254 e. The number of rotatable bonds is 10. The number of aromatic nitrogens is 4. The molecule has 1 amide bonds. The lowest BCUT2D eigenvalue weighted by molar-refractivity contribution is -0.133. The zero-order valence-electron chi connectivity index (χ0n) is 17.6. The van der Waals surface area contributed by atoms with Crippen LogP contribution in [0.25, 0.3) is 11.5 Å². The molecule has 1 aromatic carbocycles. The van der Waals surface area contributed by atoms with E-state index in [-0.39, 0.29) is 37.2 Å². The molecule has 1 unspecified atom stereocenters. The number of hydrogen-bond donors (Lipinski definition) is 3. The molecule has 0 bridgehead atoms. The van der Waals surface area contributed by atoms with Crippen LogP contribution in [-0.4, -0.2) is 49.5 Å². The van der Waals surface area contributed by atoms with E-state index in [1.807, 2.05) is 67.8 Å². The molecule has 1 atom stereocenters. The fourth-order valence-electron chi connectivity index (χ4n) is 2.91. The lowest BCUT2D eigenvalue weighted by Gasteiger charge is -2.33. The van der Waals surface area contributed by atoms with Gasteiger partial charge < -0.3 is 20.9 Å². The van der Waals surface area contributed by atoms with Crippen molar-refractivity contribution in [2.24, 2.45) is 5.73 Å². The van der Waals surface area contributed by atoms with Crippen LogP contribution >= 0.6 is 67.8 Å². The second-order valence-corrected chi connectivity index (χ2v) is 18.2. The molecule has 182 valence electrons. The molecule has 3 aromatic rings. The SMILES string of the molecule is COCc1cc(-c2ncc(F)c(NCC(O)(C(N)=O)C(I)(I)I)n2)nn1Cc1ccccc1F. The highest BCUT2D eigenvalue weighted by Crippen LogP contribution is 2.45. The maximum Gasteiger partial charge on any atom is 0.254 e. The summed E-state index contributed by atoms with van der Waals surface area (Å²) in [6.07, 6.45) is 0.950. The maximum atomic E-state index is 14.4. The molecule has 0 aliphatic carbocycles. The van der Waals surface area contributed by atoms with E-state index < -0.39 is 16.8 Å². The highest BCUT2D eigenvalue weighted by atomic mass is 127. The molecular formula is C20H19F2I3N6O3. The number of alkyl halides is 3. The standard InChI is InChI=1S/C20H19F2I3N6O3/c1-34-9-12-6-15(30-31(12)8-11-4-2-3-5-13(11)21)17-27-7-14(22)16(29-17)28-10-19(33,18(26)32)20(23,24)25/h2-7,33H,8-10H2,1H3,(H2,26,32)(H,27,28,29). The number of halogens is 5. The van der Waals surface area contributed by atoms with Crippen molar-refractivity contribution in [3.05, 3.63) is 59.4 Å². The summed E-state index contributed by atoms with van der Waals surface area (Å²) >= 11 is 5.60. The van der Waals surface area contributed by atoms with Crippen molar-refractivity contribution in [2.45, 2.75) is 18.2 Å². The number of primary amides is 1. The molecule has 2 aromatic heterocycles. The van der Waals surface area contributed by atoms with Gasteiger partial charge in [-0.1, -0.05) is 86.0 Å². The Kier molecular flexibility index (Phi) is 9.01. The summed E-state index contributed by atoms with van der Waals surface area (Å²) in [5, 5.41) is 17.8. The first-order valence-electron chi connectivity index (χ1n) is 9.61. The number of nitrogens with two attached hydrogens (primary N) is 1. The van der Waals surface area contributed by atoms with Crippen LogP contribution in [0.3, 0.4) is 0 Å². The topological polar surface area (TPSA) is 128 Å². The zero-order chi connectivity index (χ0) is 25.1. The van der Waals surface area contributed by atoms with Gasteiger partial charge in [-0.2, -0.15) is 5.10 Å². The quantitative estimate of drug-likeness (QED) is 0.212. The highest BCUT2D eigenvalue weighted by molar-refractivity contribution is 14.3. The van der Waals surface area contributed by atoms with E-state index in [2.05, 4.69) is 20.4 Å². The summed E-state index contributed by atoms with van der Waals surface area (Å²) in [5.41, 5.74) is 4.76. The highest BCUT2D eigenvalue weighted by Gasteiger charge is 2.50. The Balaban J connectivity index is 1.91. The third-order valence-electron chi connectivity index (χ3n) is 4.79. The number of aliphatic hydroxyl groups is 1. The van der Waals surface area contributed by atoms with E-state index in [9.17, 15) is 18.7 Å². The van der Waals surface area contributed by atoms with Gasteiger partial charge in [-0.3, -0.25) is 9.48 Å². The number of nitrogens with one attached hydrogen (secondary N) is 1. The number of anilines is 1. The summed E-state index contributed by atoms with van der Waals surface area (Å²) in [6.45, 7) is -0.0456. The number of carbonyl (C=O) groups is 1. The van der Waals surface area contributed by atoms with Crippen molar-refractivity contribution in [1.82, 2.24) is 19.7 Å². The fourth-order valence-corrected chi connectivity index (χ4v) is 4.28. The van der Waals surface area contributed by atoms with Crippen LogP contribution in [0.4, 0.5) is 14.6 Å². The minimum absolute atomic E-state index is 0.0841. The predicted octanol–water partition coefficient (Wildman–Crippen LogP) is 3.40.